The fraction of sp³-hybridized carbons (Fsp3) is 0.235. The second kappa shape index (κ2) is 5.48. The molecule has 1 unspecified atom stereocenters. The lowest BCUT2D eigenvalue weighted by Crippen LogP contribution is -2.16. The van der Waals surface area contributed by atoms with E-state index in [-0.39, 0.29) is 6.10 Å². The van der Waals surface area contributed by atoms with Crippen molar-refractivity contribution in [3.8, 4) is 5.75 Å². The van der Waals surface area contributed by atoms with Crippen molar-refractivity contribution in [2.75, 3.05) is 5.73 Å². The summed E-state index contributed by atoms with van der Waals surface area (Å²) in [5.41, 5.74) is 14.3. The van der Waals surface area contributed by atoms with Gasteiger partial charge in [0.2, 0.25) is 0 Å². The molecule has 1 aliphatic carbocycles. The van der Waals surface area contributed by atoms with Crippen molar-refractivity contribution in [2.24, 2.45) is 5.73 Å². The molecule has 0 aromatic heterocycles. The fourth-order valence-electron chi connectivity index (χ4n) is 2.82. The van der Waals surface area contributed by atoms with Gasteiger partial charge in [-0.15, -0.1) is 0 Å². The van der Waals surface area contributed by atoms with Crippen molar-refractivity contribution in [1.29, 1.82) is 0 Å². The molecule has 0 spiro atoms. The molecule has 1 aliphatic rings. The monoisotopic (exact) mass is 282 g/mol. The number of primary amides is 1. The van der Waals surface area contributed by atoms with Crippen molar-refractivity contribution in [1.82, 2.24) is 0 Å². The number of nitrogens with two attached hydrogens (primary N) is 2. The first kappa shape index (κ1) is 13.5. The topological polar surface area (TPSA) is 78.3 Å². The second-order valence-corrected chi connectivity index (χ2v) is 5.31. The maximum Gasteiger partial charge on any atom is 0.250 e. The van der Waals surface area contributed by atoms with Crippen LogP contribution in [0.5, 0.6) is 5.75 Å². The van der Waals surface area contributed by atoms with Gasteiger partial charge in [0.05, 0.1) is 5.56 Å². The molecule has 4 heteroatoms. The molecule has 2 aromatic carbocycles. The van der Waals surface area contributed by atoms with Crippen molar-refractivity contribution in [2.45, 2.75) is 25.4 Å². The van der Waals surface area contributed by atoms with Gasteiger partial charge in [-0.2, -0.15) is 0 Å². The molecule has 0 radical (unpaired) electrons. The van der Waals surface area contributed by atoms with Crippen LogP contribution in [-0.4, -0.2) is 5.91 Å². The molecule has 4 nitrogen and oxygen atoms in total. The van der Waals surface area contributed by atoms with Gasteiger partial charge in [-0.1, -0.05) is 24.3 Å². The van der Waals surface area contributed by atoms with Crippen LogP contribution >= 0.6 is 0 Å². The lowest BCUT2D eigenvalue weighted by atomic mass is 9.89. The molecule has 0 bridgehead atoms. The number of amides is 1. The average Bonchev–Trinajstić information content (AvgIpc) is 2.49. The lowest BCUT2D eigenvalue weighted by molar-refractivity contribution is 0.1000. The Balaban J connectivity index is 1.88. The van der Waals surface area contributed by atoms with Gasteiger partial charge >= 0.3 is 0 Å². The maximum atomic E-state index is 11.4. The quantitative estimate of drug-likeness (QED) is 0.850. The van der Waals surface area contributed by atoms with Crippen LogP contribution in [0.1, 0.15) is 40.4 Å². The smallest absolute Gasteiger partial charge is 0.250 e. The summed E-state index contributed by atoms with van der Waals surface area (Å²) in [5.74, 6) is 0.0849. The summed E-state index contributed by atoms with van der Waals surface area (Å²) >= 11 is 0. The van der Waals surface area contributed by atoms with Crippen molar-refractivity contribution < 1.29 is 9.53 Å². The number of carbonyl (C=O) groups is 1. The van der Waals surface area contributed by atoms with Crippen molar-refractivity contribution in [3.63, 3.8) is 0 Å². The van der Waals surface area contributed by atoms with Gasteiger partial charge in [0.15, 0.2) is 0 Å². The summed E-state index contributed by atoms with van der Waals surface area (Å²) in [7, 11) is 0. The Hall–Kier alpha value is -2.49. The molecular formula is C17H18N2O2. The molecule has 0 heterocycles. The van der Waals surface area contributed by atoms with Gasteiger partial charge in [0, 0.05) is 5.69 Å². The van der Waals surface area contributed by atoms with E-state index < -0.39 is 5.91 Å². The van der Waals surface area contributed by atoms with Gasteiger partial charge in [-0.05, 0) is 48.6 Å². The maximum absolute atomic E-state index is 11.4. The van der Waals surface area contributed by atoms with Gasteiger partial charge < -0.3 is 16.2 Å². The number of rotatable bonds is 3. The van der Waals surface area contributed by atoms with Crippen LogP contribution < -0.4 is 16.2 Å². The van der Waals surface area contributed by atoms with Crippen LogP contribution in [0.25, 0.3) is 0 Å². The number of nitrogen functional groups attached to an aromatic ring is 1. The molecule has 1 amide bonds. The Morgan fingerprint density at radius 3 is 2.81 bits per heavy atom. The van der Waals surface area contributed by atoms with E-state index in [9.17, 15) is 4.79 Å². The number of hydrogen-bond acceptors (Lipinski definition) is 3. The zero-order chi connectivity index (χ0) is 14.8. The van der Waals surface area contributed by atoms with Gasteiger partial charge in [0.1, 0.15) is 11.9 Å². The first-order valence-electron chi connectivity index (χ1n) is 7.09. The standard InChI is InChI=1S/C17H18N2O2/c18-15-9-8-12(10-14(15)17(19)20)21-16-7-3-5-11-4-1-2-6-13(11)16/h1-2,4,6,8-10,16H,3,5,7,18H2,(H2,19,20). The third kappa shape index (κ3) is 2.70. The Bertz CT molecular complexity index is 682. The Kier molecular flexibility index (Phi) is 3.52. The van der Waals surface area contributed by atoms with Crippen molar-refractivity contribution in [3.05, 3.63) is 59.2 Å². The number of carbonyl (C=O) groups excluding carboxylic acids is 1. The van der Waals surface area contributed by atoms with Crippen LogP contribution in [-0.2, 0) is 6.42 Å². The highest BCUT2D eigenvalue weighted by molar-refractivity contribution is 5.98. The number of aryl methyl sites for hydroxylation is 1. The lowest BCUT2D eigenvalue weighted by Gasteiger charge is -2.26. The minimum Gasteiger partial charge on any atom is -0.486 e. The zero-order valence-electron chi connectivity index (χ0n) is 11.7. The molecule has 0 saturated heterocycles. The molecule has 108 valence electrons. The molecule has 2 aromatic rings. The molecule has 21 heavy (non-hydrogen) atoms. The molecule has 0 saturated carbocycles. The van der Waals surface area contributed by atoms with Gasteiger partial charge in [-0.25, -0.2) is 0 Å². The number of ether oxygens (including phenoxy) is 1. The van der Waals surface area contributed by atoms with Gasteiger partial charge in [-0.3, -0.25) is 4.79 Å². The average molecular weight is 282 g/mol. The minimum absolute atomic E-state index is 0.0132. The van der Waals surface area contributed by atoms with Gasteiger partial charge in [0.25, 0.3) is 5.91 Å². The SMILES string of the molecule is NC(=O)c1cc(OC2CCCc3ccccc32)ccc1N. The summed E-state index contributed by atoms with van der Waals surface area (Å²) in [4.78, 5) is 11.4. The van der Waals surface area contributed by atoms with E-state index >= 15 is 0 Å². The van der Waals surface area contributed by atoms with Crippen LogP contribution in [0.4, 0.5) is 5.69 Å². The second-order valence-electron chi connectivity index (χ2n) is 5.31. The first-order chi connectivity index (χ1) is 10.1. The van der Waals surface area contributed by atoms with Crippen LogP contribution in [0, 0.1) is 0 Å². The van der Waals surface area contributed by atoms with Crippen LogP contribution in [0.2, 0.25) is 0 Å². The molecule has 1 atom stereocenters. The summed E-state index contributed by atoms with van der Waals surface area (Å²) in [5, 5.41) is 0. The van der Waals surface area contributed by atoms with E-state index in [0.717, 1.165) is 19.3 Å². The Morgan fingerprint density at radius 2 is 2.00 bits per heavy atom. The third-order valence-electron chi connectivity index (χ3n) is 3.88. The molecule has 0 fully saturated rings. The summed E-state index contributed by atoms with van der Waals surface area (Å²) in [6.45, 7) is 0. The highest BCUT2D eigenvalue weighted by Crippen LogP contribution is 2.34. The van der Waals surface area contributed by atoms with E-state index in [1.807, 2.05) is 6.07 Å². The normalized spacial score (nSPS) is 17.0. The summed E-state index contributed by atoms with van der Waals surface area (Å²) < 4.78 is 6.06. The van der Waals surface area contributed by atoms with E-state index in [2.05, 4.69) is 18.2 Å². The molecule has 0 aliphatic heterocycles. The third-order valence-corrected chi connectivity index (χ3v) is 3.88. The fourth-order valence-corrected chi connectivity index (χ4v) is 2.82. The highest BCUT2D eigenvalue weighted by atomic mass is 16.5. The molecule has 4 N–H and O–H groups in total. The van der Waals surface area contributed by atoms with E-state index in [1.54, 1.807) is 18.2 Å². The number of hydrogen-bond donors (Lipinski definition) is 2. The Labute approximate surface area is 123 Å². The van der Waals surface area contributed by atoms with E-state index in [1.165, 1.54) is 11.1 Å². The number of fused-ring (bicyclic) bond motifs is 1. The van der Waals surface area contributed by atoms with E-state index in [0.29, 0.717) is 17.0 Å². The van der Waals surface area contributed by atoms with Crippen LogP contribution in [0.3, 0.4) is 0 Å². The highest BCUT2D eigenvalue weighted by Gasteiger charge is 2.21. The van der Waals surface area contributed by atoms with Crippen molar-refractivity contribution >= 4 is 11.6 Å². The van der Waals surface area contributed by atoms with E-state index in [4.69, 9.17) is 16.2 Å². The van der Waals surface area contributed by atoms with Crippen LogP contribution in [0.15, 0.2) is 42.5 Å². The largest absolute Gasteiger partial charge is 0.486 e. The molecular weight excluding hydrogens is 264 g/mol. The minimum atomic E-state index is -0.540. The Morgan fingerprint density at radius 1 is 1.19 bits per heavy atom. The summed E-state index contributed by atoms with van der Waals surface area (Å²) in [6, 6.07) is 13.4. The zero-order valence-corrected chi connectivity index (χ0v) is 11.7. The first-order valence-corrected chi connectivity index (χ1v) is 7.09. The molecule has 3 rings (SSSR count). The summed E-state index contributed by atoms with van der Waals surface area (Å²) in [6.07, 6.45) is 3.16. The number of benzene rings is 2. The number of anilines is 1. The predicted molar refractivity (Wildman–Crippen MR) is 82.1 cm³/mol. The predicted octanol–water partition coefficient (Wildman–Crippen LogP) is 2.82.